The third-order valence-electron chi connectivity index (χ3n) is 3.98. The van der Waals surface area contributed by atoms with Gasteiger partial charge >= 0.3 is 0 Å². The van der Waals surface area contributed by atoms with Crippen LogP contribution in [-0.4, -0.2) is 31.4 Å². The van der Waals surface area contributed by atoms with Crippen LogP contribution in [0.1, 0.15) is 34.1 Å². The minimum absolute atomic E-state index is 0.156. The zero-order chi connectivity index (χ0) is 19.4. The average Bonchev–Trinajstić information content (AvgIpc) is 3.32. The van der Waals surface area contributed by atoms with E-state index >= 15 is 0 Å². The number of nitrogens with zero attached hydrogens (tertiary/aromatic N) is 4. The minimum atomic E-state index is -0.388. The smallest absolute Gasteiger partial charge is 0.274 e. The first kappa shape index (κ1) is 18.4. The Kier molecular flexibility index (Phi) is 5.39. The van der Waals surface area contributed by atoms with E-state index in [1.165, 1.54) is 10.9 Å². The molecule has 0 saturated heterocycles. The standard InChI is InChI=1S/C18H22N6O3/c1-12-9-13(2)24(21-12)7-6-16(25)20-15-11-23(3)22-17(15)18(26)19-10-14-5-4-8-27-14/h4-5,8-9,11H,6-7,10H2,1-3H3,(H,19,26)(H,20,25). The normalized spacial score (nSPS) is 10.8. The molecule has 3 heterocycles. The van der Waals surface area contributed by atoms with Crippen LogP contribution in [-0.2, 0) is 24.9 Å². The summed E-state index contributed by atoms with van der Waals surface area (Å²) in [6, 6.07) is 5.47. The molecule has 0 aromatic carbocycles. The van der Waals surface area contributed by atoms with Crippen molar-refractivity contribution in [3.8, 4) is 0 Å². The highest BCUT2D eigenvalue weighted by atomic mass is 16.3. The lowest BCUT2D eigenvalue weighted by Gasteiger charge is -2.07. The third-order valence-corrected chi connectivity index (χ3v) is 3.98. The molecule has 2 N–H and O–H groups in total. The maximum atomic E-state index is 12.4. The Morgan fingerprint density at radius 2 is 2.07 bits per heavy atom. The number of carbonyl (C=O) groups excluding carboxylic acids is 2. The van der Waals surface area contributed by atoms with Crippen LogP contribution < -0.4 is 10.6 Å². The van der Waals surface area contributed by atoms with Crippen LogP contribution in [0, 0.1) is 13.8 Å². The molecule has 0 atom stereocenters. The molecule has 0 saturated carbocycles. The Bertz CT molecular complexity index is 939. The third kappa shape index (κ3) is 4.63. The number of rotatable bonds is 7. The van der Waals surface area contributed by atoms with E-state index in [0.717, 1.165) is 11.4 Å². The topological polar surface area (TPSA) is 107 Å². The molecule has 0 bridgehead atoms. The summed E-state index contributed by atoms with van der Waals surface area (Å²) >= 11 is 0. The van der Waals surface area contributed by atoms with E-state index in [1.807, 2.05) is 19.9 Å². The molecule has 3 rings (SSSR count). The Balaban J connectivity index is 1.60. The molecule has 0 aliphatic heterocycles. The quantitative estimate of drug-likeness (QED) is 0.659. The fraction of sp³-hybridized carbons (Fsp3) is 0.333. The van der Waals surface area contributed by atoms with Crippen molar-refractivity contribution in [3.63, 3.8) is 0 Å². The molecule has 9 nitrogen and oxygen atoms in total. The maximum Gasteiger partial charge on any atom is 0.274 e. The molecule has 0 radical (unpaired) electrons. The van der Waals surface area contributed by atoms with E-state index in [4.69, 9.17) is 4.42 Å². The predicted octanol–water partition coefficient (Wildman–Crippen LogP) is 1.79. The van der Waals surface area contributed by atoms with Crippen molar-refractivity contribution in [2.24, 2.45) is 7.05 Å². The van der Waals surface area contributed by atoms with Gasteiger partial charge in [-0.05, 0) is 32.0 Å². The van der Waals surface area contributed by atoms with Crippen molar-refractivity contribution in [1.29, 1.82) is 0 Å². The fourth-order valence-corrected chi connectivity index (χ4v) is 2.73. The zero-order valence-electron chi connectivity index (χ0n) is 15.5. The van der Waals surface area contributed by atoms with Crippen molar-refractivity contribution >= 4 is 17.5 Å². The van der Waals surface area contributed by atoms with Gasteiger partial charge in [0.15, 0.2) is 5.69 Å². The van der Waals surface area contributed by atoms with E-state index in [-0.39, 0.29) is 30.5 Å². The van der Waals surface area contributed by atoms with Crippen molar-refractivity contribution in [1.82, 2.24) is 24.9 Å². The summed E-state index contributed by atoms with van der Waals surface area (Å²) in [7, 11) is 1.69. The van der Waals surface area contributed by atoms with Crippen LogP contribution in [0.2, 0.25) is 0 Å². The number of carbonyl (C=O) groups is 2. The molecule has 0 spiro atoms. The number of anilines is 1. The largest absolute Gasteiger partial charge is 0.467 e. The summed E-state index contributed by atoms with van der Waals surface area (Å²) in [6.07, 6.45) is 3.38. The highest BCUT2D eigenvalue weighted by Gasteiger charge is 2.18. The molecule has 0 aliphatic carbocycles. The Morgan fingerprint density at radius 3 is 2.74 bits per heavy atom. The second kappa shape index (κ2) is 7.90. The average molecular weight is 370 g/mol. The Hall–Kier alpha value is -3.36. The first-order valence-electron chi connectivity index (χ1n) is 8.57. The van der Waals surface area contributed by atoms with Gasteiger partial charge in [-0.15, -0.1) is 0 Å². The lowest BCUT2D eigenvalue weighted by atomic mass is 10.3. The van der Waals surface area contributed by atoms with Gasteiger partial charge in [0.25, 0.3) is 5.91 Å². The number of nitrogens with one attached hydrogen (secondary N) is 2. The molecule has 3 aromatic rings. The van der Waals surface area contributed by atoms with Crippen molar-refractivity contribution < 1.29 is 14.0 Å². The Morgan fingerprint density at radius 1 is 1.26 bits per heavy atom. The van der Waals surface area contributed by atoms with Gasteiger partial charge in [-0.1, -0.05) is 0 Å². The van der Waals surface area contributed by atoms with E-state index in [1.54, 1.807) is 30.1 Å². The highest BCUT2D eigenvalue weighted by molar-refractivity contribution is 6.02. The van der Waals surface area contributed by atoms with Gasteiger partial charge in [0.1, 0.15) is 5.76 Å². The lowest BCUT2D eigenvalue weighted by molar-refractivity contribution is -0.116. The predicted molar refractivity (Wildman–Crippen MR) is 98.0 cm³/mol. The summed E-state index contributed by atoms with van der Waals surface area (Å²) in [5.41, 5.74) is 2.44. The zero-order valence-corrected chi connectivity index (χ0v) is 15.5. The number of amides is 2. The number of aryl methyl sites for hydroxylation is 4. The number of hydrogen-bond donors (Lipinski definition) is 2. The van der Waals surface area contributed by atoms with E-state index in [2.05, 4.69) is 20.8 Å². The molecule has 0 fully saturated rings. The van der Waals surface area contributed by atoms with Gasteiger partial charge in [-0.25, -0.2) is 0 Å². The minimum Gasteiger partial charge on any atom is -0.467 e. The summed E-state index contributed by atoms with van der Waals surface area (Å²) in [5.74, 6) is 0.0336. The molecule has 0 unspecified atom stereocenters. The maximum absolute atomic E-state index is 12.4. The molecule has 2 amide bonds. The van der Waals surface area contributed by atoms with E-state index < -0.39 is 0 Å². The van der Waals surface area contributed by atoms with Gasteiger partial charge in [0.2, 0.25) is 5.91 Å². The number of furan rings is 1. The fourth-order valence-electron chi connectivity index (χ4n) is 2.73. The summed E-state index contributed by atoms with van der Waals surface area (Å²) in [4.78, 5) is 24.7. The molecular weight excluding hydrogens is 348 g/mol. The van der Waals surface area contributed by atoms with Crippen LogP contribution in [0.15, 0.2) is 35.1 Å². The highest BCUT2D eigenvalue weighted by Crippen LogP contribution is 2.14. The van der Waals surface area contributed by atoms with Crippen molar-refractivity contribution in [3.05, 3.63) is 53.5 Å². The van der Waals surface area contributed by atoms with E-state index in [9.17, 15) is 9.59 Å². The Labute approximate surface area is 156 Å². The number of aromatic nitrogens is 4. The second-order valence-electron chi connectivity index (χ2n) is 6.28. The molecule has 9 heteroatoms. The SMILES string of the molecule is Cc1cc(C)n(CCC(=O)Nc2cn(C)nc2C(=O)NCc2ccco2)n1. The van der Waals surface area contributed by atoms with E-state index in [0.29, 0.717) is 18.0 Å². The van der Waals surface area contributed by atoms with Crippen LogP contribution in [0.3, 0.4) is 0 Å². The lowest BCUT2D eigenvalue weighted by Crippen LogP contribution is -2.25. The van der Waals surface area contributed by atoms with Gasteiger partial charge in [0, 0.05) is 31.9 Å². The van der Waals surface area contributed by atoms with Crippen LogP contribution in [0.5, 0.6) is 0 Å². The van der Waals surface area contributed by atoms with Crippen molar-refractivity contribution in [2.45, 2.75) is 33.4 Å². The van der Waals surface area contributed by atoms with Crippen molar-refractivity contribution in [2.75, 3.05) is 5.32 Å². The van der Waals surface area contributed by atoms with Crippen LogP contribution >= 0.6 is 0 Å². The monoisotopic (exact) mass is 370 g/mol. The van der Waals surface area contributed by atoms with Crippen LogP contribution in [0.25, 0.3) is 0 Å². The first-order valence-corrected chi connectivity index (χ1v) is 8.57. The van der Waals surface area contributed by atoms with Crippen LogP contribution in [0.4, 0.5) is 5.69 Å². The summed E-state index contributed by atoms with van der Waals surface area (Å²) in [6.45, 7) is 4.56. The molecule has 3 aromatic heterocycles. The molecule has 27 heavy (non-hydrogen) atoms. The van der Waals surface area contributed by atoms with Gasteiger partial charge < -0.3 is 15.1 Å². The number of hydrogen-bond acceptors (Lipinski definition) is 5. The molecular formula is C18H22N6O3. The molecule has 142 valence electrons. The van der Waals surface area contributed by atoms with Gasteiger partial charge in [-0.3, -0.25) is 19.0 Å². The summed E-state index contributed by atoms with van der Waals surface area (Å²) < 4.78 is 8.46. The second-order valence-corrected chi connectivity index (χ2v) is 6.28. The summed E-state index contributed by atoms with van der Waals surface area (Å²) in [5, 5.41) is 14.0. The van der Waals surface area contributed by atoms with Gasteiger partial charge in [0.05, 0.1) is 24.2 Å². The first-order chi connectivity index (χ1) is 12.9. The van der Waals surface area contributed by atoms with Gasteiger partial charge in [-0.2, -0.15) is 10.2 Å². The molecule has 0 aliphatic rings.